The first kappa shape index (κ1) is 21.9. The Labute approximate surface area is 205 Å². The van der Waals surface area contributed by atoms with Crippen LogP contribution in [-0.4, -0.2) is 21.1 Å². The van der Waals surface area contributed by atoms with E-state index in [0.29, 0.717) is 22.0 Å². The molecule has 0 saturated carbocycles. The molecule has 2 aromatic carbocycles. The van der Waals surface area contributed by atoms with E-state index in [1.807, 2.05) is 36.4 Å². The summed E-state index contributed by atoms with van der Waals surface area (Å²) < 4.78 is 1.72. The minimum absolute atomic E-state index is 0.250. The zero-order valence-corrected chi connectivity index (χ0v) is 19.2. The zero-order chi connectivity index (χ0) is 23.7. The van der Waals surface area contributed by atoms with Crippen molar-refractivity contribution < 1.29 is 9.59 Å². The SMILES string of the molecule is O=C(C(=O)N(c1ccccc1)c1ccc(Cl)cc1Cl)c1c(-c2cccnc2)cc2ccccn12. The van der Waals surface area contributed by atoms with Gasteiger partial charge in [0.15, 0.2) is 0 Å². The minimum atomic E-state index is -0.746. The van der Waals surface area contributed by atoms with Gasteiger partial charge in [-0.25, -0.2) is 0 Å². The van der Waals surface area contributed by atoms with Crippen molar-refractivity contribution in [1.29, 1.82) is 0 Å². The smallest absolute Gasteiger partial charge is 0.305 e. The number of carbonyl (C=O) groups is 2. The van der Waals surface area contributed by atoms with Crippen molar-refractivity contribution in [3.05, 3.63) is 119 Å². The van der Waals surface area contributed by atoms with Crippen LogP contribution in [-0.2, 0) is 4.79 Å². The van der Waals surface area contributed by atoms with Gasteiger partial charge in [-0.15, -0.1) is 0 Å². The number of hydrogen-bond donors (Lipinski definition) is 0. The normalized spacial score (nSPS) is 10.9. The van der Waals surface area contributed by atoms with Crippen LogP contribution in [0, 0.1) is 0 Å². The van der Waals surface area contributed by atoms with Gasteiger partial charge in [0.2, 0.25) is 0 Å². The highest BCUT2D eigenvalue weighted by Gasteiger charge is 2.31. The number of hydrogen-bond acceptors (Lipinski definition) is 3. The molecular weight excluding hydrogens is 469 g/mol. The van der Waals surface area contributed by atoms with Crippen LogP contribution in [0.3, 0.4) is 0 Å². The van der Waals surface area contributed by atoms with E-state index in [1.54, 1.807) is 71.5 Å². The number of rotatable bonds is 5. The van der Waals surface area contributed by atoms with Gasteiger partial charge in [-0.05, 0) is 54.6 Å². The molecule has 5 rings (SSSR count). The molecule has 7 heteroatoms. The third-order valence-corrected chi connectivity index (χ3v) is 5.97. The fourth-order valence-corrected chi connectivity index (χ4v) is 4.40. The maximum atomic E-state index is 13.9. The largest absolute Gasteiger partial charge is 0.313 e. The Kier molecular flexibility index (Phi) is 5.88. The van der Waals surface area contributed by atoms with Gasteiger partial charge >= 0.3 is 5.91 Å². The lowest BCUT2D eigenvalue weighted by atomic mass is 10.0. The van der Waals surface area contributed by atoms with Gasteiger partial charge < -0.3 is 4.40 Å². The first-order chi connectivity index (χ1) is 16.5. The first-order valence-corrected chi connectivity index (χ1v) is 11.2. The molecule has 3 heterocycles. The lowest BCUT2D eigenvalue weighted by molar-refractivity contribution is -0.114. The van der Waals surface area contributed by atoms with Crippen molar-refractivity contribution in [3.8, 4) is 11.1 Å². The molecule has 0 atom stereocenters. The van der Waals surface area contributed by atoms with Crippen LogP contribution < -0.4 is 4.90 Å². The van der Waals surface area contributed by atoms with Crippen LogP contribution in [0.1, 0.15) is 10.5 Å². The van der Waals surface area contributed by atoms with Crippen LogP contribution in [0.4, 0.5) is 11.4 Å². The number of benzene rings is 2. The highest BCUT2D eigenvalue weighted by molar-refractivity contribution is 6.50. The molecule has 0 fully saturated rings. The van der Waals surface area contributed by atoms with Gasteiger partial charge in [-0.1, -0.05) is 53.5 Å². The average molecular weight is 486 g/mol. The van der Waals surface area contributed by atoms with Crippen LogP contribution in [0.15, 0.2) is 104 Å². The lowest BCUT2D eigenvalue weighted by Gasteiger charge is -2.23. The summed E-state index contributed by atoms with van der Waals surface area (Å²) in [5, 5.41) is 0.682. The summed E-state index contributed by atoms with van der Waals surface area (Å²) >= 11 is 12.5. The Hall–Kier alpha value is -3.93. The highest BCUT2D eigenvalue weighted by atomic mass is 35.5. The third-order valence-electron chi connectivity index (χ3n) is 5.43. The Bertz CT molecular complexity index is 1520. The van der Waals surface area contributed by atoms with E-state index in [9.17, 15) is 9.59 Å². The van der Waals surface area contributed by atoms with Crippen molar-refractivity contribution in [1.82, 2.24) is 9.38 Å². The number of ketones is 1. The van der Waals surface area contributed by atoms with Crippen LogP contribution in [0.2, 0.25) is 10.0 Å². The van der Waals surface area contributed by atoms with E-state index in [-0.39, 0.29) is 10.7 Å². The number of para-hydroxylation sites is 1. The molecule has 0 unspecified atom stereocenters. The molecule has 0 bridgehead atoms. The molecule has 0 N–H and O–H groups in total. The number of pyridine rings is 2. The molecule has 5 aromatic rings. The van der Waals surface area contributed by atoms with E-state index >= 15 is 0 Å². The molecule has 34 heavy (non-hydrogen) atoms. The van der Waals surface area contributed by atoms with Gasteiger partial charge in [-0.2, -0.15) is 0 Å². The van der Waals surface area contributed by atoms with Crippen LogP contribution >= 0.6 is 23.2 Å². The number of aromatic nitrogens is 2. The Morgan fingerprint density at radius 1 is 0.853 bits per heavy atom. The fraction of sp³-hybridized carbons (Fsp3) is 0. The Morgan fingerprint density at radius 3 is 2.38 bits per heavy atom. The maximum Gasteiger partial charge on any atom is 0.305 e. The Morgan fingerprint density at radius 2 is 1.65 bits per heavy atom. The molecule has 3 aromatic heterocycles. The summed E-state index contributed by atoms with van der Waals surface area (Å²) in [4.78, 5) is 33.2. The molecule has 0 aliphatic heterocycles. The minimum Gasteiger partial charge on any atom is -0.313 e. The number of amides is 1. The quantitative estimate of drug-likeness (QED) is 0.202. The van der Waals surface area contributed by atoms with E-state index in [0.717, 1.165) is 11.1 Å². The molecule has 0 aliphatic rings. The molecule has 0 radical (unpaired) electrons. The molecule has 0 spiro atoms. The number of nitrogens with zero attached hydrogens (tertiary/aromatic N) is 3. The van der Waals surface area contributed by atoms with Gasteiger partial charge in [-0.3, -0.25) is 19.5 Å². The average Bonchev–Trinajstić information content (AvgIpc) is 3.26. The monoisotopic (exact) mass is 485 g/mol. The van der Waals surface area contributed by atoms with E-state index in [2.05, 4.69) is 4.98 Å². The molecule has 166 valence electrons. The summed E-state index contributed by atoms with van der Waals surface area (Å²) in [6.07, 6.45) is 5.09. The second kappa shape index (κ2) is 9.14. The number of anilines is 2. The van der Waals surface area contributed by atoms with Crippen molar-refractivity contribution in [3.63, 3.8) is 0 Å². The van der Waals surface area contributed by atoms with Crippen molar-refractivity contribution in [2.45, 2.75) is 0 Å². The number of fused-ring (bicyclic) bond motifs is 1. The summed E-state index contributed by atoms with van der Waals surface area (Å²) in [5.74, 6) is -1.43. The maximum absolute atomic E-state index is 13.9. The predicted molar refractivity (Wildman–Crippen MR) is 135 cm³/mol. The summed E-state index contributed by atoms with van der Waals surface area (Å²) in [5.41, 5.74) is 3.26. The Balaban J connectivity index is 1.69. The summed E-state index contributed by atoms with van der Waals surface area (Å²) in [6.45, 7) is 0. The molecule has 1 amide bonds. The first-order valence-electron chi connectivity index (χ1n) is 10.4. The number of Topliss-reactive ketones (excluding diaryl/α,β-unsaturated/α-hetero) is 1. The number of halogens is 2. The zero-order valence-electron chi connectivity index (χ0n) is 17.7. The molecular formula is C27H17Cl2N3O2. The summed E-state index contributed by atoms with van der Waals surface area (Å²) in [6, 6.07) is 24.8. The van der Waals surface area contributed by atoms with Gasteiger partial charge in [0.05, 0.1) is 10.7 Å². The molecule has 0 saturated heterocycles. The van der Waals surface area contributed by atoms with Crippen molar-refractivity contribution in [2.24, 2.45) is 0 Å². The highest BCUT2D eigenvalue weighted by Crippen LogP contribution is 2.35. The standard InChI is InChI=1S/C27H17Cl2N3O2/c28-19-11-12-24(23(29)15-19)32(20-8-2-1-3-9-20)27(34)26(33)25-22(18-7-6-13-30-17-18)16-21-10-4-5-14-31(21)25/h1-17H. The summed E-state index contributed by atoms with van der Waals surface area (Å²) in [7, 11) is 0. The third kappa shape index (κ3) is 3.96. The van der Waals surface area contributed by atoms with Gasteiger partial charge in [0, 0.05) is 45.9 Å². The molecule has 0 aliphatic carbocycles. The number of carbonyl (C=O) groups excluding carboxylic acids is 2. The van der Waals surface area contributed by atoms with Gasteiger partial charge in [0.1, 0.15) is 5.69 Å². The molecule has 5 nitrogen and oxygen atoms in total. The van der Waals surface area contributed by atoms with Gasteiger partial charge in [0.25, 0.3) is 5.78 Å². The van der Waals surface area contributed by atoms with E-state index < -0.39 is 11.7 Å². The topological polar surface area (TPSA) is 54.7 Å². The second-order valence-corrected chi connectivity index (χ2v) is 8.39. The van der Waals surface area contributed by atoms with Crippen LogP contribution in [0.5, 0.6) is 0 Å². The van der Waals surface area contributed by atoms with E-state index in [4.69, 9.17) is 23.2 Å². The van der Waals surface area contributed by atoms with E-state index in [1.165, 1.54) is 4.90 Å². The van der Waals surface area contributed by atoms with Crippen molar-refractivity contribution >= 4 is 51.8 Å². The fourth-order valence-electron chi connectivity index (χ4n) is 3.91. The second-order valence-electron chi connectivity index (χ2n) is 7.54. The van der Waals surface area contributed by atoms with Crippen molar-refractivity contribution in [2.75, 3.05) is 4.90 Å². The predicted octanol–water partition coefficient (Wildman–Crippen LogP) is 6.86. The van der Waals surface area contributed by atoms with Crippen LogP contribution in [0.25, 0.3) is 16.6 Å². The lowest BCUT2D eigenvalue weighted by Crippen LogP contribution is -2.34.